The number of ketones is 1. The molecule has 1 aliphatic heterocycles. The third-order valence-corrected chi connectivity index (χ3v) is 24.5. The number of aliphatic hydroxyl groups is 1. The molecule has 0 radical (unpaired) electrons. The molecule has 11 rings (SSSR count). The van der Waals surface area contributed by atoms with Crippen LogP contribution in [0.1, 0.15) is 183 Å². The Morgan fingerprint density at radius 2 is 1.22 bits per heavy atom. The average Bonchev–Trinajstić information content (AvgIpc) is 3.29. The van der Waals surface area contributed by atoms with Crippen LogP contribution in [0.25, 0.3) is 6.08 Å². The third kappa shape index (κ3) is 5.25. The first-order valence-electron chi connectivity index (χ1n) is 26.4. The van der Waals surface area contributed by atoms with E-state index in [1.54, 1.807) is 13.2 Å². The number of carbonyl (C=O) groups excluding carboxylic acids is 3. The van der Waals surface area contributed by atoms with Gasteiger partial charge in [-0.1, -0.05) is 85.3 Å². The lowest BCUT2D eigenvalue weighted by Gasteiger charge is -2.71. The Bertz CT molecular complexity index is 2620. The van der Waals surface area contributed by atoms with E-state index in [1.165, 1.54) is 18.2 Å². The van der Waals surface area contributed by atoms with E-state index >= 15 is 0 Å². The second-order valence-electron chi connectivity index (χ2n) is 27.4. The first kappa shape index (κ1) is 46.7. The molecule has 15 atom stereocenters. The van der Waals surface area contributed by atoms with Crippen LogP contribution >= 0.6 is 0 Å². The molecule has 0 spiro atoms. The van der Waals surface area contributed by atoms with Crippen LogP contribution < -0.4 is 9.47 Å². The van der Waals surface area contributed by atoms with Gasteiger partial charge in [-0.15, -0.1) is 0 Å². The Balaban J connectivity index is 0.965. The van der Waals surface area contributed by atoms with Crippen molar-refractivity contribution in [3.63, 3.8) is 0 Å². The molecule has 0 saturated heterocycles. The van der Waals surface area contributed by atoms with E-state index in [9.17, 15) is 19.5 Å². The molecule has 2 unspecified atom stereocenters. The topological polar surface area (TPSA) is 108 Å². The van der Waals surface area contributed by atoms with Crippen LogP contribution in [0.3, 0.4) is 0 Å². The van der Waals surface area contributed by atoms with Crippen molar-refractivity contribution in [3.05, 3.63) is 63.8 Å². The summed E-state index contributed by atoms with van der Waals surface area (Å²) in [4.78, 5) is 41.5. The van der Waals surface area contributed by atoms with Crippen LogP contribution in [0.15, 0.2) is 47.1 Å². The molecule has 0 aromatic heterocycles. The summed E-state index contributed by atoms with van der Waals surface area (Å²) in [6, 6.07) is 2.21. The fourth-order valence-electron chi connectivity index (χ4n) is 19.2. The van der Waals surface area contributed by atoms with Gasteiger partial charge in [0.05, 0.1) is 25.0 Å². The first-order valence-corrected chi connectivity index (χ1v) is 26.4. The molecule has 0 amide bonds. The summed E-state index contributed by atoms with van der Waals surface area (Å²) in [7, 11) is 3.07. The molecule has 1 aromatic carbocycles. The smallest absolute Gasteiger partial charge is 0.317 e. The van der Waals surface area contributed by atoms with Crippen molar-refractivity contribution in [2.24, 2.45) is 66.5 Å². The summed E-state index contributed by atoms with van der Waals surface area (Å²) in [6.07, 6.45) is 24.6. The maximum atomic E-state index is 14.9. The Labute approximate surface area is 406 Å². The van der Waals surface area contributed by atoms with Gasteiger partial charge in [-0.2, -0.15) is 0 Å². The van der Waals surface area contributed by atoms with E-state index in [0.717, 1.165) is 112 Å². The Hall–Kier alpha value is -3.65. The molecule has 68 heavy (non-hydrogen) atoms. The number of fused-ring (bicyclic) bond motifs is 17. The first-order chi connectivity index (χ1) is 31.6. The average molecular weight is 929 g/mol. The Morgan fingerprint density at radius 1 is 0.662 bits per heavy atom. The van der Waals surface area contributed by atoms with Crippen molar-refractivity contribution in [2.45, 2.75) is 190 Å². The van der Waals surface area contributed by atoms with Crippen LogP contribution in [0.5, 0.6) is 11.5 Å². The highest BCUT2D eigenvalue weighted by molar-refractivity contribution is 6.02. The number of hydrogen-bond donors (Lipinski definition) is 1. The summed E-state index contributed by atoms with van der Waals surface area (Å²) in [5, 5.41) is 12.8. The fourth-order valence-corrected chi connectivity index (χ4v) is 19.2. The van der Waals surface area contributed by atoms with Crippen molar-refractivity contribution in [3.8, 4) is 11.5 Å². The van der Waals surface area contributed by atoms with Gasteiger partial charge in [-0.3, -0.25) is 14.4 Å². The van der Waals surface area contributed by atoms with Crippen molar-refractivity contribution < 1.29 is 38.4 Å². The van der Waals surface area contributed by atoms with Gasteiger partial charge in [0.2, 0.25) is 11.4 Å². The van der Waals surface area contributed by atoms with Crippen LogP contribution in [0, 0.1) is 73.4 Å². The minimum absolute atomic E-state index is 0.0145. The van der Waals surface area contributed by atoms with Gasteiger partial charge in [-0.25, -0.2) is 0 Å². The highest BCUT2D eigenvalue weighted by atomic mass is 16.7. The van der Waals surface area contributed by atoms with Gasteiger partial charge in [-0.05, 0) is 197 Å². The molecular weight excluding hydrogens is 849 g/mol. The molecule has 1 heterocycles. The second-order valence-corrected chi connectivity index (χ2v) is 27.4. The largest absolute Gasteiger partial charge is 0.471 e. The minimum atomic E-state index is -2.27. The molecule has 368 valence electrons. The number of rotatable bonds is 2. The SMILES string of the molecule is COC(=O)[C@]1(C)CC[C@]2(C)CC[C@]3(C)C4C=Cc5c(cc6c(c5C)O[C@]5(O)C(=O)C=C7C(=CC=C8[C@@]7(C)CC[C@@]7(C)[C@@H]9C[C@](C)(C(=O)OC)CC[C@]9(C)CC[C@]87C)[C@]5(C)O6)[C@]4(C)CC[C@@]3(C)C2C1. The molecule has 8 heteroatoms. The zero-order valence-electron chi connectivity index (χ0n) is 43.9. The molecule has 9 aliphatic carbocycles. The van der Waals surface area contributed by atoms with Crippen molar-refractivity contribution in [2.75, 3.05) is 14.2 Å². The summed E-state index contributed by atoms with van der Waals surface area (Å²) >= 11 is 0. The second kappa shape index (κ2) is 13.6. The molecule has 10 aliphatic rings. The van der Waals surface area contributed by atoms with E-state index in [0.29, 0.717) is 23.3 Å². The number of allylic oxidation sites excluding steroid dienone is 4. The van der Waals surface area contributed by atoms with Crippen LogP contribution in [0.4, 0.5) is 0 Å². The highest BCUT2D eigenvalue weighted by Gasteiger charge is 2.72. The monoisotopic (exact) mass is 929 g/mol. The quantitative estimate of drug-likeness (QED) is 0.292. The molecule has 0 bridgehead atoms. The summed E-state index contributed by atoms with van der Waals surface area (Å²) in [5.41, 5.74) is 3.15. The Kier molecular flexibility index (Phi) is 9.37. The minimum Gasteiger partial charge on any atom is -0.471 e. The molecule has 6 saturated carbocycles. The van der Waals surface area contributed by atoms with Gasteiger partial charge in [0.25, 0.3) is 0 Å². The number of hydrogen-bond acceptors (Lipinski definition) is 8. The lowest BCUT2D eigenvalue weighted by atomic mass is 9.33. The number of ether oxygens (including phenoxy) is 4. The zero-order chi connectivity index (χ0) is 49.1. The molecule has 8 nitrogen and oxygen atoms in total. The normalized spacial score (nSPS) is 50.3. The van der Waals surface area contributed by atoms with E-state index < -0.39 is 33.4 Å². The van der Waals surface area contributed by atoms with E-state index in [1.807, 2.05) is 6.92 Å². The summed E-state index contributed by atoms with van der Waals surface area (Å²) in [6.45, 7) is 28.0. The van der Waals surface area contributed by atoms with Crippen molar-refractivity contribution in [1.82, 2.24) is 0 Å². The fraction of sp³-hybridized carbons (Fsp3) is 0.717. The van der Waals surface area contributed by atoms with Gasteiger partial charge in [0, 0.05) is 22.0 Å². The summed E-state index contributed by atoms with van der Waals surface area (Å²) < 4.78 is 24.9. The van der Waals surface area contributed by atoms with Gasteiger partial charge in [0.15, 0.2) is 11.5 Å². The molecule has 6 fully saturated rings. The number of benzene rings is 1. The van der Waals surface area contributed by atoms with Crippen molar-refractivity contribution in [1.29, 1.82) is 0 Å². The molecule has 1 N–H and O–H groups in total. The van der Waals surface area contributed by atoms with Crippen LogP contribution in [-0.2, 0) is 29.3 Å². The zero-order valence-corrected chi connectivity index (χ0v) is 43.9. The number of esters is 2. The molecular formula is C60H80O8. The van der Waals surface area contributed by atoms with Crippen LogP contribution in [-0.4, -0.2) is 48.4 Å². The van der Waals surface area contributed by atoms with Gasteiger partial charge >= 0.3 is 17.7 Å². The third-order valence-electron chi connectivity index (χ3n) is 24.5. The van der Waals surface area contributed by atoms with Crippen molar-refractivity contribution >= 4 is 23.8 Å². The number of methoxy groups -OCH3 is 2. The summed E-state index contributed by atoms with van der Waals surface area (Å²) in [5.74, 6) is -0.928. The standard InChI is InChI=1S/C60H80O8/c1-35-36-15-17-41-53(6,25-29-57(10)43-33-51(4,47(62)65-13)21-19-49(43,2)23-27-55(41,57)8)38(36)31-40-46(35)68-60(64)45(61)32-39-37(59(60,12)67-40)16-18-42-54(39,7)26-30-58(11)44-34-52(5,48(63)66-14)22-20-50(44,3)24-28-56(42,58)9/h15-18,31-32,41,43-44,64H,19-30,33-34H2,1-14H3/t41?,43?,44-,49-,50-,51-,52-,53+,54+,55-,56-,57+,58+,59+,60-/m1/s1. The highest BCUT2D eigenvalue weighted by Crippen LogP contribution is 2.78. The predicted molar refractivity (Wildman–Crippen MR) is 264 cm³/mol. The number of carbonyl (C=O) groups is 3. The molecule has 1 aromatic rings. The van der Waals surface area contributed by atoms with Crippen LogP contribution in [0.2, 0.25) is 0 Å². The van der Waals surface area contributed by atoms with E-state index in [2.05, 4.69) is 107 Å². The maximum absolute atomic E-state index is 14.9. The van der Waals surface area contributed by atoms with E-state index in [-0.39, 0.29) is 55.8 Å². The van der Waals surface area contributed by atoms with Gasteiger partial charge < -0.3 is 24.1 Å². The van der Waals surface area contributed by atoms with E-state index in [4.69, 9.17) is 18.9 Å². The lowest BCUT2D eigenvalue weighted by molar-refractivity contribution is -0.231. The van der Waals surface area contributed by atoms with Gasteiger partial charge in [0.1, 0.15) is 0 Å². The maximum Gasteiger partial charge on any atom is 0.317 e. The predicted octanol–water partition coefficient (Wildman–Crippen LogP) is 12.7. The lowest BCUT2D eigenvalue weighted by Crippen LogP contribution is -2.70. The Morgan fingerprint density at radius 3 is 1.84 bits per heavy atom.